The smallest absolute Gasteiger partial charge is 0.216 e. The van der Waals surface area contributed by atoms with Crippen molar-refractivity contribution in [3.05, 3.63) is 64.7 Å². The number of hydrogen-bond donors (Lipinski definition) is 1. The molecule has 0 saturated carbocycles. The van der Waals surface area contributed by atoms with Crippen LogP contribution in [0.25, 0.3) is 11.4 Å². The Morgan fingerprint density at radius 1 is 1.17 bits per heavy atom. The summed E-state index contributed by atoms with van der Waals surface area (Å²) < 4.78 is 2.04. The van der Waals surface area contributed by atoms with E-state index in [0.29, 0.717) is 10.6 Å². The van der Waals surface area contributed by atoms with Gasteiger partial charge in [-0.3, -0.25) is 4.98 Å². The van der Waals surface area contributed by atoms with Crippen LogP contribution in [0.2, 0.25) is 0 Å². The van der Waals surface area contributed by atoms with Gasteiger partial charge in [-0.05, 0) is 40.9 Å². The van der Waals surface area contributed by atoms with E-state index in [1.54, 1.807) is 23.3 Å². The molecule has 122 valence electrons. The number of H-pyrrole nitrogens is 1. The first-order valence-corrected chi connectivity index (χ1v) is 8.09. The molecule has 0 saturated heterocycles. The highest BCUT2D eigenvalue weighted by atomic mass is 32.1. The molecule has 0 spiro atoms. The lowest BCUT2D eigenvalue weighted by atomic mass is 9.87. The van der Waals surface area contributed by atoms with E-state index >= 15 is 0 Å². The Balaban J connectivity index is 1.91. The zero-order chi connectivity index (χ0) is 17.2. The minimum Gasteiger partial charge on any atom is -0.264 e. The maximum absolute atomic E-state index is 5.27. The summed E-state index contributed by atoms with van der Waals surface area (Å²) in [7, 11) is 0. The van der Waals surface area contributed by atoms with Crippen LogP contribution in [0.4, 0.5) is 0 Å². The zero-order valence-electron chi connectivity index (χ0n) is 13.9. The lowest BCUT2D eigenvalue weighted by Crippen LogP contribution is -2.10. The third-order valence-electron chi connectivity index (χ3n) is 3.67. The summed E-state index contributed by atoms with van der Waals surface area (Å²) in [6.45, 7) is 6.59. The first-order valence-electron chi connectivity index (χ1n) is 7.68. The van der Waals surface area contributed by atoms with Gasteiger partial charge >= 0.3 is 0 Å². The molecule has 0 fully saturated rings. The highest BCUT2D eigenvalue weighted by Gasteiger charge is 2.12. The maximum Gasteiger partial charge on any atom is 0.216 e. The van der Waals surface area contributed by atoms with Gasteiger partial charge in [-0.25, -0.2) is 5.10 Å². The number of aromatic amines is 1. The topological polar surface area (TPSA) is 58.9 Å². The van der Waals surface area contributed by atoms with Gasteiger partial charge in [0.05, 0.1) is 6.21 Å². The van der Waals surface area contributed by atoms with E-state index in [1.807, 2.05) is 12.1 Å². The van der Waals surface area contributed by atoms with E-state index in [0.717, 1.165) is 11.1 Å². The van der Waals surface area contributed by atoms with Gasteiger partial charge < -0.3 is 0 Å². The van der Waals surface area contributed by atoms with E-state index in [9.17, 15) is 0 Å². The van der Waals surface area contributed by atoms with Crippen LogP contribution in [0.3, 0.4) is 0 Å². The standard InChI is InChI=1S/C18H19N5S/c1-18(2,3)15-8-6-13(7-9-15)11-20-23-16(21-22-17(23)24)14-5-4-10-19-12-14/h4-12H,1-3H3,(H,22,24)/b20-11+. The molecule has 3 aromatic rings. The predicted molar refractivity (Wildman–Crippen MR) is 98.8 cm³/mol. The molecular weight excluding hydrogens is 318 g/mol. The van der Waals surface area contributed by atoms with Gasteiger partial charge in [0.1, 0.15) is 0 Å². The summed E-state index contributed by atoms with van der Waals surface area (Å²) in [5.74, 6) is 0.635. The Morgan fingerprint density at radius 3 is 2.54 bits per heavy atom. The first kappa shape index (κ1) is 16.3. The second-order valence-electron chi connectivity index (χ2n) is 6.52. The van der Waals surface area contributed by atoms with E-state index < -0.39 is 0 Å². The fraction of sp³-hybridized carbons (Fsp3) is 0.222. The second-order valence-corrected chi connectivity index (χ2v) is 6.91. The van der Waals surface area contributed by atoms with Crippen LogP contribution >= 0.6 is 12.2 Å². The molecule has 0 amide bonds. The molecule has 5 nitrogen and oxygen atoms in total. The van der Waals surface area contributed by atoms with E-state index in [2.05, 4.69) is 65.3 Å². The molecule has 0 unspecified atom stereocenters. The largest absolute Gasteiger partial charge is 0.264 e. The molecule has 0 bridgehead atoms. The summed E-state index contributed by atoms with van der Waals surface area (Å²) in [4.78, 5) is 4.11. The van der Waals surface area contributed by atoms with Gasteiger partial charge in [-0.15, -0.1) is 0 Å². The van der Waals surface area contributed by atoms with Crippen molar-refractivity contribution in [2.45, 2.75) is 26.2 Å². The summed E-state index contributed by atoms with van der Waals surface area (Å²) in [6.07, 6.45) is 5.22. The van der Waals surface area contributed by atoms with Crippen LogP contribution in [0.15, 0.2) is 53.9 Å². The molecular formula is C18H19N5S. The Morgan fingerprint density at radius 2 is 1.92 bits per heavy atom. The number of hydrogen-bond acceptors (Lipinski definition) is 4. The molecule has 24 heavy (non-hydrogen) atoms. The molecule has 2 aromatic heterocycles. The average Bonchev–Trinajstić information content (AvgIpc) is 2.94. The molecule has 0 radical (unpaired) electrons. The second kappa shape index (κ2) is 6.49. The van der Waals surface area contributed by atoms with Crippen LogP contribution in [0, 0.1) is 4.77 Å². The van der Waals surface area contributed by atoms with Gasteiger partial charge in [-0.1, -0.05) is 45.0 Å². The van der Waals surface area contributed by atoms with Crippen molar-refractivity contribution in [2.75, 3.05) is 0 Å². The summed E-state index contributed by atoms with van der Waals surface area (Å²) >= 11 is 5.27. The number of aromatic nitrogens is 4. The number of nitrogens with one attached hydrogen (secondary N) is 1. The highest BCUT2D eigenvalue weighted by Crippen LogP contribution is 2.22. The van der Waals surface area contributed by atoms with Gasteiger partial charge in [0, 0.05) is 18.0 Å². The molecule has 3 rings (SSSR count). The lowest BCUT2D eigenvalue weighted by Gasteiger charge is -2.18. The molecule has 2 heterocycles. The highest BCUT2D eigenvalue weighted by molar-refractivity contribution is 7.71. The van der Waals surface area contributed by atoms with Crippen LogP contribution in [0.1, 0.15) is 31.9 Å². The third-order valence-corrected chi connectivity index (χ3v) is 3.93. The van der Waals surface area contributed by atoms with Crippen LogP contribution in [0.5, 0.6) is 0 Å². The fourth-order valence-corrected chi connectivity index (χ4v) is 2.45. The monoisotopic (exact) mass is 337 g/mol. The number of nitrogens with zero attached hydrogens (tertiary/aromatic N) is 4. The van der Waals surface area contributed by atoms with Crippen molar-refractivity contribution in [3.63, 3.8) is 0 Å². The molecule has 0 atom stereocenters. The summed E-state index contributed by atoms with van der Waals surface area (Å²) in [6, 6.07) is 12.1. The average molecular weight is 337 g/mol. The molecule has 1 N–H and O–H groups in total. The minimum absolute atomic E-state index is 0.135. The summed E-state index contributed by atoms with van der Waals surface area (Å²) in [5, 5.41) is 11.5. The fourth-order valence-electron chi connectivity index (χ4n) is 2.27. The Kier molecular flexibility index (Phi) is 4.40. The number of pyridine rings is 1. The number of rotatable bonds is 3. The quantitative estimate of drug-likeness (QED) is 0.576. The first-order chi connectivity index (χ1) is 11.4. The Bertz CT molecular complexity index is 899. The van der Waals surface area contributed by atoms with Gasteiger partial charge in [-0.2, -0.15) is 14.9 Å². The summed E-state index contributed by atoms with van der Waals surface area (Å²) in [5.41, 5.74) is 3.28. The molecule has 0 aliphatic rings. The van der Waals surface area contributed by atoms with E-state index in [4.69, 9.17) is 12.2 Å². The molecule has 6 heteroatoms. The van der Waals surface area contributed by atoms with E-state index in [1.165, 1.54) is 5.56 Å². The SMILES string of the molecule is CC(C)(C)c1ccc(/C=N/n2c(-c3cccnc3)n[nH]c2=S)cc1. The van der Waals surface area contributed by atoms with Crippen molar-refractivity contribution >= 4 is 18.4 Å². The minimum atomic E-state index is 0.135. The number of benzene rings is 1. The lowest BCUT2D eigenvalue weighted by molar-refractivity contribution is 0.590. The van der Waals surface area contributed by atoms with Crippen molar-refractivity contribution in [1.82, 2.24) is 19.9 Å². The predicted octanol–water partition coefficient (Wildman–Crippen LogP) is 4.18. The van der Waals surface area contributed by atoms with Crippen molar-refractivity contribution in [2.24, 2.45) is 5.10 Å². The van der Waals surface area contributed by atoms with Gasteiger partial charge in [0.2, 0.25) is 4.77 Å². The maximum atomic E-state index is 5.27. The van der Waals surface area contributed by atoms with Crippen LogP contribution < -0.4 is 0 Å². The van der Waals surface area contributed by atoms with Crippen molar-refractivity contribution in [1.29, 1.82) is 0 Å². The van der Waals surface area contributed by atoms with Crippen molar-refractivity contribution < 1.29 is 0 Å². The van der Waals surface area contributed by atoms with Gasteiger partial charge in [0.25, 0.3) is 0 Å². The molecule has 1 aromatic carbocycles. The third kappa shape index (κ3) is 3.49. The normalized spacial score (nSPS) is 12.0. The van der Waals surface area contributed by atoms with Crippen LogP contribution in [-0.2, 0) is 5.41 Å². The van der Waals surface area contributed by atoms with Gasteiger partial charge in [0.15, 0.2) is 5.82 Å². The Labute approximate surface area is 146 Å². The van der Waals surface area contributed by atoms with E-state index in [-0.39, 0.29) is 5.41 Å². The molecule has 0 aliphatic heterocycles. The van der Waals surface area contributed by atoms with Crippen molar-refractivity contribution in [3.8, 4) is 11.4 Å². The van der Waals surface area contributed by atoms with Crippen LogP contribution in [-0.4, -0.2) is 26.1 Å². The zero-order valence-corrected chi connectivity index (χ0v) is 14.7. The molecule has 0 aliphatic carbocycles. The Hall–Kier alpha value is -2.60.